The molecule has 0 amide bonds. The lowest BCUT2D eigenvalue weighted by molar-refractivity contribution is -0.124. The van der Waals surface area contributed by atoms with Crippen molar-refractivity contribution in [1.82, 2.24) is 0 Å². The Morgan fingerprint density at radius 3 is 2.12 bits per heavy atom. The summed E-state index contributed by atoms with van der Waals surface area (Å²) >= 11 is 0. The Morgan fingerprint density at radius 2 is 1.60 bits per heavy atom. The minimum absolute atomic E-state index is 0.189. The van der Waals surface area contributed by atoms with Crippen LogP contribution in [0.4, 0.5) is 4.39 Å². The summed E-state index contributed by atoms with van der Waals surface area (Å²) in [6.45, 7) is 1.93. The van der Waals surface area contributed by atoms with Crippen molar-refractivity contribution in [3.8, 4) is 0 Å². The van der Waals surface area contributed by atoms with Crippen molar-refractivity contribution in [3.05, 3.63) is 0 Å². The summed E-state index contributed by atoms with van der Waals surface area (Å²) in [5.74, 6) is 2.58. The van der Waals surface area contributed by atoms with Gasteiger partial charge in [0.25, 0.3) is 0 Å². The molecule has 3 heteroatoms. The topological polar surface area (TPSA) is 34.1 Å². The standard InChI is InChI=1S/C22H37FO2/c1-2-3-6-22(25)20-13-11-19(12-14-20)21(16-24)18-9-7-17(8-10-18)5-4-15-23/h16-21H,2-15H2,1H3. The maximum absolute atomic E-state index is 12.3. The highest BCUT2D eigenvalue weighted by Gasteiger charge is 2.35. The summed E-state index contributed by atoms with van der Waals surface area (Å²) in [7, 11) is 0. The number of carbonyl (C=O) groups is 2. The molecule has 2 saturated carbocycles. The molecule has 2 nitrogen and oxygen atoms in total. The maximum Gasteiger partial charge on any atom is 0.135 e. The molecule has 0 aromatic carbocycles. The quantitative estimate of drug-likeness (QED) is 0.457. The Bertz CT molecular complexity index is 393. The van der Waals surface area contributed by atoms with E-state index in [0.29, 0.717) is 30.0 Å². The Kier molecular flexibility index (Phi) is 9.12. The van der Waals surface area contributed by atoms with Crippen LogP contribution in [-0.2, 0) is 9.59 Å². The molecule has 1 atom stereocenters. The second-order valence-electron chi connectivity index (χ2n) is 8.51. The van der Waals surface area contributed by atoms with Gasteiger partial charge in [0, 0.05) is 18.3 Å². The van der Waals surface area contributed by atoms with Crippen LogP contribution in [0.25, 0.3) is 0 Å². The zero-order valence-corrected chi connectivity index (χ0v) is 16.1. The zero-order valence-electron chi connectivity index (χ0n) is 16.1. The van der Waals surface area contributed by atoms with Crippen LogP contribution >= 0.6 is 0 Å². The maximum atomic E-state index is 12.3. The van der Waals surface area contributed by atoms with Gasteiger partial charge in [0.15, 0.2) is 0 Å². The first-order valence-corrected chi connectivity index (χ1v) is 10.7. The van der Waals surface area contributed by atoms with Gasteiger partial charge in [0.05, 0.1) is 6.67 Å². The van der Waals surface area contributed by atoms with Gasteiger partial charge in [0.2, 0.25) is 0 Å². The number of aldehydes is 1. The largest absolute Gasteiger partial charge is 0.303 e. The van der Waals surface area contributed by atoms with Crippen molar-refractivity contribution >= 4 is 12.1 Å². The first-order valence-electron chi connectivity index (χ1n) is 10.7. The zero-order chi connectivity index (χ0) is 18.1. The normalized spacial score (nSPS) is 31.4. The lowest BCUT2D eigenvalue weighted by atomic mass is 9.66. The first kappa shape index (κ1) is 20.6. The van der Waals surface area contributed by atoms with Gasteiger partial charge in [-0.25, -0.2) is 0 Å². The minimum Gasteiger partial charge on any atom is -0.303 e. The van der Waals surface area contributed by atoms with Crippen LogP contribution in [0.2, 0.25) is 0 Å². The highest BCUT2D eigenvalue weighted by molar-refractivity contribution is 5.81. The van der Waals surface area contributed by atoms with Crippen molar-refractivity contribution in [2.45, 2.75) is 90.4 Å². The van der Waals surface area contributed by atoms with Crippen LogP contribution in [-0.4, -0.2) is 18.7 Å². The van der Waals surface area contributed by atoms with Gasteiger partial charge < -0.3 is 4.79 Å². The number of unbranched alkanes of at least 4 members (excludes halogenated alkanes) is 1. The van der Waals surface area contributed by atoms with Gasteiger partial charge in [-0.2, -0.15) is 0 Å². The molecule has 0 radical (unpaired) electrons. The molecule has 2 aliphatic carbocycles. The average molecular weight is 353 g/mol. The molecular formula is C22H37FO2. The number of carbonyl (C=O) groups excluding carboxylic acids is 2. The molecule has 0 aromatic rings. The van der Waals surface area contributed by atoms with E-state index in [1.54, 1.807) is 0 Å². The van der Waals surface area contributed by atoms with E-state index in [-0.39, 0.29) is 18.5 Å². The SMILES string of the molecule is CCCCC(=O)C1CCC(C(C=O)C2CCC(CCCF)CC2)CC1. The monoisotopic (exact) mass is 352 g/mol. The molecule has 0 spiro atoms. The van der Waals surface area contributed by atoms with Gasteiger partial charge in [-0.15, -0.1) is 0 Å². The molecule has 2 aliphatic rings. The van der Waals surface area contributed by atoms with E-state index in [9.17, 15) is 14.0 Å². The molecule has 144 valence electrons. The van der Waals surface area contributed by atoms with E-state index in [2.05, 4.69) is 6.92 Å². The van der Waals surface area contributed by atoms with Gasteiger partial charge in [-0.1, -0.05) is 26.2 Å². The smallest absolute Gasteiger partial charge is 0.135 e. The molecule has 0 N–H and O–H groups in total. The molecule has 0 heterocycles. The van der Waals surface area contributed by atoms with Crippen LogP contribution in [0.5, 0.6) is 0 Å². The summed E-state index contributed by atoms with van der Waals surface area (Å²) in [5, 5.41) is 0. The van der Waals surface area contributed by atoms with Gasteiger partial charge in [0.1, 0.15) is 12.1 Å². The lowest BCUT2D eigenvalue weighted by Gasteiger charge is -2.38. The molecule has 2 rings (SSSR count). The number of hydrogen-bond acceptors (Lipinski definition) is 2. The predicted molar refractivity (Wildman–Crippen MR) is 100 cm³/mol. The van der Waals surface area contributed by atoms with Crippen LogP contribution in [0.3, 0.4) is 0 Å². The number of hydrogen-bond donors (Lipinski definition) is 0. The van der Waals surface area contributed by atoms with Gasteiger partial charge in [-0.05, 0) is 75.5 Å². The molecule has 25 heavy (non-hydrogen) atoms. The summed E-state index contributed by atoms with van der Waals surface area (Å²) in [4.78, 5) is 24.0. The minimum atomic E-state index is -0.197. The second-order valence-corrected chi connectivity index (χ2v) is 8.51. The Morgan fingerprint density at radius 1 is 1.00 bits per heavy atom. The van der Waals surface area contributed by atoms with Crippen molar-refractivity contribution in [1.29, 1.82) is 0 Å². The van der Waals surface area contributed by atoms with E-state index in [1.165, 1.54) is 19.1 Å². The highest BCUT2D eigenvalue weighted by atomic mass is 19.1. The van der Waals surface area contributed by atoms with Crippen molar-refractivity contribution in [3.63, 3.8) is 0 Å². The fourth-order valence-corrected chi connectivity index (χ4v) is 5.22. The lowest BCUT2D eigenvalue weighted by Crippen LogP contribution is -2.32. The number of rotatable bonds is 10. The van der Waals surface area contributed by atoms with E-state index in [1.807, 2.05) is 0 Å². The molecule has 2 fully saturated rings. The number of halogens is 1. The Labute approximate surface area is 153 Å². The summed E-state index contributed by atoms with van der Waals surface area (Å²) in [6, 6.07) is 0. The molecule has 0 saturated heterocycles. The Balaban J connectivity index is 1.77. The second kappa shape index (κ2) is 11.1. The molecule has 0 bridgehead atoms. The Hall–Kier alpha value is -0.730. The third kappa shape index (κ3) is 6.18. The van der Waals surface area contributed by atoms with Crippen LogP contribution < -0.4 is 0 Å². The van der Waals surface area contributed by atoms with Crippen molar-refractivity contribution in [2.24, 2.45) is 29.6 Å². The predicted octanol–water partition coefficient (Wildman–Crippen LogP) is 5.92. The van der Waals surface area contributed by atoms with Crippen molar-refractivity contribution in [2.75, 3.05) is 6.67 Å². The summed E-state index contributed by atoms with van der Waals surface area (Å²) in [5.41, 5.74) is 0. The van der Waals surface area contributed by atoms with E-state index in [0.717, 1.165) is 64.2 Å². The molecule has 0 aliphatic heterocycles. The number of Topliss-reactive ketones (excluding diaryl/α,β-unsaturated/α-hetero) is 1. The van der Waals surface area contributed by atoms with Crippen molar-refractivity contribution < 1.29 is 14.0 Å². The molecular weight excluding hydrogens is 315 g/mol. The third-order valence-corrected chi connectivity index (χ3v) is 6.89. The van der Waals surface area contributed by atoms with Crippen LogP contribution in [0.1, 0.15) is 90.4 Å². The third-order valence-electron chi connectivity index (χ3n) is 6.89. The highest BCUT2D eigenvalue weighted by Crippen LogP contribution is 2.42. The van der Waals surface area contributed by atoms with Crippen LogP contribution in [0.15, 0.2) is 0 Å². The van der Waals surface area contributed by atoms with E-state index >= 15 is 0 Å². The molecule has 0 aromatic heterocycles. The van der Waals surface area contributed by atoms with Crippen LogP contribution in [0, 0.1) is 29.6 Å². The molecule has 1 unspecified atom stereocenters. The first-order chi connectivity index (χ1) is 12.2. The number of alkyl halides is 1. The van der Waals surface area contributed by atoms with E-state index < -0.39 is 0 Å². The summed E-state index contributed by atoms with van der Waals surface area (Å²) in [6.07, 6.45) is 14.5. The summed E-state index contributed by atoms with van der Waals surface area (Å²) < 4.78 is 12.3. The number of ketones is 1. The van der Waals surface area contributed by atoms with Gasteiger partial charge in [-0.3, -0.25) is 9.18 Å². The fourth-order valence-electron chi connectivity index (χ4n) is 5.22. The fraction of sp³-hybridized carbons (Fsp3) is 0.909. The van der Waals surface area contributed by atoms with E-state index in [4.69, 9.17) is 0 Å². The van der Waals surface area contributed by atoms with Gasteiger partial charge >= 0.3 is 0 Å². The average Bonchev–Trinajstić information content (AvgIpc) is 2.66.